The number of hydrogen-bond donors (Lipinski definition) is 1. The maximum absolute atomic E-state index is 13.0. The second-order valence-electron chi connectivity index (χ2n) is 6.97. The Kier molecular flexibility index (Phi) is 9.46. The fourth-order valence-electron chi connectivity index (χ4n) is 2.67. The highest BCUT2D eigenvalue weighted by atomic mass is 79.9. The molecule has 2 aromatic rings. The highest BCUT2D eigenvalue weighted by molar-refractivity contribution is 9.10. The van der Waals surface area contributed by atoms with Gasteiger partial charge in [-0.3, -0.25) is 9.59 Å². The second kappa shape index (κ2) is 11.6. The maximum atomic E-state index is 13.0. The van der Waals surface area contributed by atoms with Crippen LogP contribution in [0, 0.1) is 0 Å². The Labute approximate surface area is 195 Å². The van der Waals surface area contributed by atoms with E-state index < -0.39 is 6.04 Å². The Hall–Kier alpha value is -1.76. The average Bonchev–Trinajstić information content (AvgIpc) is 2.71. The largest absolute Gasteiger partial charge is 0.483 e. The van der Waals surface area contributed by atoms with Crippen LogP contribution in [0.3, 0.4) is 0 Å². The van der Waals surface area contributed by atoms with E-state index in [-0.39, 0.29) is 31.0 Å². The molecule has 0 saturated heterocycles. The Morgan fingerprint density at radius 2 is 1.87 bits per heavy atom. The summed E-state index contributed by atoms with van der Waals surface area (Å²) in [6, 6.07) is 11.6. The molecule has 162 valence electrons. The van der Waals surface area contributed by atoms with Gasteiger partial charge < -0.3 is 15.0 Å². The van der Waals surface area contributed by atoms with Crippen molar-refractivity contribution in [3.05, 3.63) is 62.5 Å². The second-order valence-corrected chi connectivity index (χ2v) is 8.67. The smallest absolute Gasteiger partial charge is 0.261 e. The predicted molar refractivity (Wildman–Crippen MR) is 124 cm³/mol. The SMILES string of the molecule is CC[C@H](C)NC(=O)[C@H](C)N(Cc1ccccc1Cl)C(=O)COc1ccc(Cl)cc1Br. The van der Waals surface area contributed by atoms with Gasteiger partial charge in [-0.05, 0) is 66.0 Å². The zero-order chi connectivity index (χ0) is 22.3. The van der Waals surface area contributed by atoms with Gasteiger partial charge in [0, 0.05) is 22.6 Å². The zero-order valence-electron chi connectivity index (χ0n) is 17.1. The van der Waals surface area contributed by atoms with E-state index in [4.69, 9.17) is 27.9 Å². The molecule has 0 radical (unpaired) electrons. The molecule has 1 N–H and O–H groups in total. The Balaban J connectivity index is 2.19. The fraction of sp³-hybridized carbons (Fsp3) is 0.364. The van der Waals surface area contributed by atoms with E-state index in [2.05, 4.69) is 21.2 Å². The molecule has 8 heteroatoms. The van der Waals surface area contributed by atoms with Gasteiger partial charge in [0.15, 0.2) is 6.61 Å². The number of amides is 2. The quantitative estimate of drug-likeness (QED) is 0.482. The first-order valence-corrected chi connectivity index (χ1v) is 11.2. The molecule has 0 bridgehead atoms. The highest BCUT2D eigenvalue weighted by Crippen LogP contribution is 2.28. The minimum Gasteiger partial charge on any atom is -0.483 e. The van der Waals surface area contributed by atoms with E-state index in [1.807, 2.05) is 32.0 Å². The third-order valence-electron chi connectivity index (χ3n) is 4.71. The molecule has 2 rings (SSSR count). The maximum Gasteiger partial charge on any atom is 0.261 e. The summed E-state index contributed by atoms with van der Waals surface area (Å²) in [6.45, 7) is 5.57. The molecular formula is C22H25BrCl2N2O3. The van der Waals surface area contributed by atoms with Crippen molar-refractivity contribution in [3.8, 4) is 5.75 Å². The highest BCUT2D eigenvalue weighted by Gasteiger charge is 2.27. The van der Waals surface area contributed by atoms with Crippen molar-refractivity contribution in [1.29, 1.82) is 0 Å². The standard InChI is InChI=1S/C22H25BrCl2N2O3/c1-4-14(2)26-22(29)15(3)27(12-16-7-5-6-8-19(16)25)21(28)13-30-20-10-9-17(24)11-18(20)23/h5-11,14-15H,4,12-13H2,1-3H3,(H,26,29)/t14-,15-/m0/s1. The molecule has 5 nitrogen and oxygen atoms in total. The number of nitrogens with zero attached hydrogens (tertiary/aromatic N) is 1. The van der Waals surface area contributed by atoms with Crippen LogP contribution in [-0.2, 0) is 16.1 Å². The first-order valence-electron chi connectivity index (χ1n) is 9.64. The summed E-state index contributed by atoms with van der Waals surface area (Å²) in [6.07, 6.45) is 0.796. The molecule has 0 aliphatic heterocycles. The van der Waals surface area contributed by atoms with E-state index in [1.54, 1.807) is 31.2 Å². The molecule has 30 heavy (non-hydrogen) atoms. The fourth-order valence-corrected chi connectivity index (χ4v) is 3.67. The third kappa shape index (κ3) is 6.89. The third-order valence-corrected chi connectivity index (χ3v) is 5.94. The number of ether oxygens (including phenoxy) is 1. The van der Waals surface area contributed by atoms with E-state index in [0.29, 0.717) is 20.3 Å². The lowest BCUT2D eigenvalue weighted by Gasteiger charge is -2.30. The minimum absolute atomic E-state index is 0.0125. The van der Waals surface area contributed by atoms with Crippen molar-refractivity contribution in [1.82, 2.24) is 10.2 Å². The summed E-state index contributed by atoms with van der Waals surface area (Å²) in [5, 5.41) is 4.01. The number of benzene rings is 2. The summed E-state index contributed by atoms with van der Waals surface area (Å²) in [5.74, 6) is -0.0665. The van der Waals surface area contributed by atoms with Gasteiger partial charge in [-0.25, -0.2) is 0 Å². The molecule has 0 aliphatic rings. The van der Waals surface area contributed by atoms with Gasteiger partial charge in [0.1, 0.15) is 11.8 Å². The number of halogens is 3. The first-order chi connectivity index (χ1) is 14.2. The molecule has 0 heterocycles. The van der Waals surface area contributed by atoms with Crippen LogP contribution in [-0.4, -0.2) is 35.4 Å². The molecular weight excluding hydrogens is 491 g/mol. The lowest BCUT2D eigenvalue weighted by atomic mass is 10.1. The van der Waals surface area contributed by atoms with Crippen molar-refractivity contribution in [2.45, 2.75) is 45.8 Å². The predicted octanol–water partition coefficient (Wildman–Crippen LogP) is 5.47. The van der Waals surface area contributed by atoms with Gasteiger partial charge in [0.05, 0.1) is 4.47 Å². The summed E-state index contributed by atoms with van der Waals surface area (Å²) >= 11 is 15.6. The number of hydrogen-bond acceptors (Lipinski definition) is 3. The number of carbonyl (C=O) groups is 2. The van der Waals surface area contributed by atoms with Gasteiger partial charge in [-0.15, -0.1) is 0 Å². The first kappa shape index (κ1) is 24.5. The van der Waals surface area contributed by atoms with Crippen LogP contribution in [0.1, 0.15) is 32.8 Å². The van der Waals surface area contributed by atoms with Gasteiger partial charge >= 0.3 is 0 Å². The molecule has 0 aromatic heterocycles. The van der Waals surface area contributed by atoms with Crippen LogP contribution in [0.15, 0.2) is 46.9 Å². The molecule has 0 saturated carbocycles. The molecule has 2 amide bonds. The topological polar surface area (TPSA) is 58.6 Å². The molecule has 2 aromatic carbocycles. The van der Waals surface area contributed by atoms with Crippen molar-refractivity contribution in [2.75, 3.05) is 6.61 Å². The van der Waals surface area contributed by atoms with Gasteiger partial charge in [0.2, 0.25) is 5.91 Å². The summed E-state index contributed by atoms with van der Waals surface area (Å²) in [7, 11) is 0. The van der Waals surface area contributed by atoms with Crippen LogP contribution >= 0.6 is 39.1 Å². The van der Waals surface area contributed by atoms with Crippen LogP contribution in [0.2, 0.25) is 10.0 Å². The lowest BCUT2D eigenvalue weighted by molar-refractivity contribution is -0.142. The molecule has 0 aliphatic carbocycles. The van der Waals surface area contributed by atoms with Crippen LogP contribution < -0.4 is 10.1 Å². The van der Waals surface area contributed by atoms with Gasteiger partial charge in [-0.1, -0.05) is 48.3 Å². The number of rotatable bonds is 9. The Morgan fingerprint density at radius 1 is 1.17 bits per heavy atom. The van der Waals surface area contributed by atoms with Crippen molar-refractivity contribution >= 4 is 50.9 Å². The van der Waals surface area contributed by atoms with Crippen LogP contribution in [0.4, 0.5) is 0 Å². The molecule has 0 fully saturated rings. The van der Waals surface area contributed by atoms with Gasteiger partial charge in [-0.2, -0.15) is 0 Å². The number of nitrogens with one attached hydrogen (secondary N) is 1. The van der Waals surface area contributed by atoms with Crippen molar-refractivity contribution in [2.24, 2.45) is 0 Å². The minimum atomic E-state index is -0.694. The van der Waals surface area contributed by atoms with Crippen molar-refractivity contribution in [3.63, 3.8) is 0 Å². The average molecular weight is 516 g/mol. The summed E-state index contributed by atoms with van der Waals surface area (Å²) in [4.78, 5) is 27.2. The monoisotopic (exact) mass is 514 g/mol. The van der Waals surface area contributed by atoms with Crippen LogP contribution in [0.25, 0.3) is 0 Å². The molecule has 2 atom stereocenters. The van der Waals surface area contributed by atoms with Crippen molar-refractivity contribution < 1.29 is 14.3 Å². The van der Waals surface area contributed by atoms with E-state index >= 15 is 0 Å². The molecule has 0 unspecified atom stereocenters. The Bertz CT molecular complexity index is 894. The lowest BCUT2D eigenvalue weighted by Crippen LogP contribution is -2.50. The van der Waals surface area contributed by atoms with Gasteiger partial charge in [0.25, 0.3) is 5.91 Å². The number of carbonyl (C=O) groups excluding carboxylic acids is 2. The van der Waals surface area contributed by atoms with E-state index in [0.717, 1.165) is 12.0 Å². The molecule has 0 spiro atoms. The van der Waals surface area contributed by atoms with E-state index in [1.165, 1.54) is 4.90 Å². The van der Waals surface area contributed by atoms with E-state index in [9.17, 15) is 9.59 Å². The summed E-state index contributed by atoms with van der Waals surface area (Å²) < 4.78 is 6.31. The zero-order valence-corrected chi connectivity index (χ0v) is 20.2. The normalized spacial score (nSPS) is 12.7. The summed E-state index contributed by atoms with van der Waals surface area (Å²) in [5.41, 5.74) is 0.753. The Morgan fingerprint density at radius 3 is 2.50 bits per heavy atom. The van der Waals surface area contributed by atoms with Crippen LogP contribution in [0.5, 0.6) is 5.75 Å².